The first kappa shape index (κ1) is 13.0. The molecule has 0 saturated heterocycles. The summed E-state index contributed by atoms with van der Waals surface area (Å²) in [5.74, 6) is 5.12. The summed E-state index contributed by atoms with van der Waals surface area (Å²) in [5.41, 5.74) is 4.75. The molecule has 2 aromatic rings. The Morgan fingerprint density at radius 3 is 2.83 bits per heavy atom. The number of hydrogen-bond donors (Lipinski definition) is 3. The Morgan fingerprint density at radius 2 is 2.28 bits per heavy atom. The van der Waals surface area contributed by atoms with Crippen LogP contribution in [0, 0.1) is 6.92 Å². The maximum atomic E-state index is 12.0. The smallest absolute Gasteiger partial charge is 0.257 e. The van der Waals surface area contributed by atoms with Gasteiger partial charge >= 0.3 is 0 Å². The SMILES string of the molecule is Cc1cc(NN)ccc1C(=O)Nc1ncc(Br)s1. The number of benzene rings is 1. The second kappa shape index (κ2) is 5.47. The molecule has 1 aromatic heterocycles. The van der Waals surface area contributed by atoms with Crippen LogP contribution in [0.25, 0.3) is 0 Å². The molecule has 0 fully saturated rings. The number of aryl methyl sites for hydroxylation is 1. The Labute approximate surface area is 117 Å². The second-order valence-electron chi connectivity index (χ2n) is 3.60. The number of nitrogens with two attached hydrogens (primary N) is 1. The van der Waals surface area contributed by atoms with E-state index in [1.165, 1.54) is 11.3 Å². The van der Waals surface area contributed by atoms with Crippen molar-refractivity contribution in [2.45, 2.75) is 6.92 Å². The van der Waals surface area contributed by atoms with Gasteiger partial charge in [-0.25, -0.2) is 4.98 Å². The lowest BCUT2D eigenvalue weighted by atomic mass is 10.1. The Balaban J connectivity index is 2.18. The fourth-order valence-corrected chi connectivity index (χ4v) is 2.59. The summed E-state index contributed by atoms with van der Waals surface area (Å²) in [6.07, 6.45) is 1.65. The van der Waals surface area contributed by atoms with Crippen molar-refractivity contribution in [3.8, 4) is 0 Å². The van der Waals surface area contributed by atoms with Gasteiger partial charge in [-0.15, -0.1) is 0 Å². The predicted molar refractivity (Wildman–Crippen MR) is 76.8 cm³/mol. The molecule has 1 amide bonds. The van der Waals surface area contributed by atoms with Crippen molar-refractivity contribution in [3.05, 3.63) is 39.3 Å². The van der Waals surface area contributed by atoms with Crippen molar-refractivity contribution in [1.82, 2.24) is 4.98 Å². The van der Waals surface area contributed by atoms with Gasteiger partial charge in [0, 0.05) is 11.3 Å². The van der Waals surface area contributed by atoms with Crippen LogP contribution in [0.1, 0.15) is 15.9 Å². The number of aromatic nitrogens is 1. The highest BCUT2D eigenvalue weighted by molar-refractivity contribution is 9.11. The summed E-state index contributed by atoms with van der Waals surface area (Å²) in [6.45, 7) is 1.85. The number of anilines is 2. The zero-order valence-corrected chi connectivity index (χ0v) is 11.9. The zero-order valence-electron chi connectivity index (χ0n) is 9.53. The van der Waals surface area contributed by atoms with E-state index in [-0.39, 0.29) is 5.91 Å². The molecular formula is C11H11BrN4OS. The Morgan fingerprint density at radius 1 is 1.50 bits per heavy atom. The molecule has 18 heavy (non-hydrogen) atoms. The minimum absolute atomic E-state index is 0.182. The van der Waals surface area contributed by atoms with Crippen LogP contribution in [0.15, 0.2) is 28.2 Å². The molecule has 0 unspecified atom stereocenters. The number of thiazole rings is 1. The number of rotatable bonds is 3. The molecule has 0 spiro atoms. The molecule has 5 nitrogen and oxygen atoms in total. The van der Waals surface area contributed by atoms with Gasteiger partial charge in [-0.1, -0.05) is 11.3 Å². The van der Waals surface area contributed by atoms with Gasteiger partial charge in [0.05, 0.1) is 9.98 Å². The van der Waals surface area contributed by atoms with Crippen molar-refractivity contribution in [2.24, 2.45) is 5.84 Å². The first-order valence-corrected chi connectivity index (χ1v) is 6.71. The molecule has 94 valence electrons. The van der Waals surface area contributed by atoms with Crippen LogP contribution < -0.4 is 16.6 Å². The van der Waals surface area contributed by atoms with Gasteiger partial charge in [-0.05, 0) is 46.6 Å². The molecule has 7 heteroatoms. The van der Waals surface area contributed by atoms with Crippen molar-refractivity contribution in [3.63, 3.8) is 0 Å². The lowest BCUT2D eigenvalue weighted by molar-refractivity contribution is 0.102. The van der Waals surface area contributed by atoms with E-state index in [2.05, 4.69) is 31.7 Å². The Bertz CT molecular complexity index is 584. The highest BCUT2D eigenvalue weighted by atomic mass is 79.9. The third kappa shape index (κ3) is 2.87. The van der Waals surface area contributed by atoms with E-state index in [1.54, 1.807) is 18.3 Å². The van der Waals surface area contributed by atoms with Crippen LogP contribution in [0.5, 0.6) is 0 Å². The van der Waals surface area contributed by atoms with Crippen molar-refractivity contribution < 1.29 is 4.79 Å². The summed E-state index contributed by atoms with van der Waals surface area (Å²) in [6, 6.07) is 5.29. The summed E-state index contributed by atoms with van der Waals surface area (Å²) in [7, 11) is 0. The molecule has 0 saturated carbocycles. The highest BCUT2D eigenvalue weighted by Gasteiger charge is 2.11. The van der Waals surface area contributed by atoms with Crippen LogP contribution >= 0.6 is 27.3 Å². The standard InChI is InChI=1S/C11H11BrN4OS/c1-6-4-7(16-13)2-3-8(6)10(17)15-11-14-5-9(12)18-11/h2-5,16H,13H2,1H3,(H,14,15,17). The number of carbonyl (C=O) groups is 1. The molecule has 0 atom stereocenters. The average molecular weight is 327 g/mol. The van der Waals surface area contributed by atoms with Gasteiger partial charge in [0.25, 0.3) is 5.91 Å². The van der Waals surface area contributed by atoms with Crippen molar-refractivity contribution in [2.75, 3.05) is 10.7 Å². The van der Waals surface area contributed by atoms with E-state index in [0.29, 0.717) is 10.7 Å². The molecule has 4 N–H and O–H groups in total. The topological polar surface area (TPSA) is 80.0 Å². The first-order chi connectivity index (χ1) is 8.60. The summed E-state index contributed by atoms with van der Waals surface area (Å²) in [4.78, 5) is 16.1. The largest absolute Gasteiger partial charge is 0.324 e. The van der Waals surface area contributed by atoms with Crippen LogP contribution in [0.2, 0.25) is 0 Å². The van der Waals surface area contributed by atoms with E-state index < -0.39 is 0 Å². The monoisotopic (exact) mass is 326 g/mol. The maximum Gasteiger partial charge on any atom is 0.257 e. The van der Waals surface area contributed by atoms with E-state index in [1.807, 2.05) is 13.0 Å². The molecule has 0 aliphatic rings. The van der Waals surface area contributed by atoms with Crippen LogP contribution in [0.4, 0.5) is 10.8 Å². The summed E-state index contributed by atoms with van der Waals surface area (Å²) in [5, 5.41) is 3.31. The number of nitrogen functional groups attached to an aromatic ring is 1. The molecule has 0 aliphatic carbocycles. The minimum atomic E-state index is -0.182. The third-order valence-corrected chi connectivity index (χ3v) is 3.73. The number of carbonyl (C=O) groups excluding carboxylic acids is 1. The normalized spacial score (nSPS) is 10.2. The maximum absolute atomic E-state index is 12.0. The van der Waals surface area contributed by atoms with Crippen LogP contribution in [-0.4, -0.2) is 10.9 Å². The van der Waals surface area contributed by atoms with Gasteiger partial charge in [-0.2, -0.15) is 0 Å². The van der Waals surface area contributed by atoms with Gasteiger partial charge in [0.15, 0.2) is 5.13 Å². The van der Waals surface area contributed by atoms with Crippen LogP contribution in [0.3, 0.4) is 0 Å². The number of amides is 1. The number of nitrogens with zero attached hydrogens (tertiary/aromatic N) is 1. The van der Waals surface area contributed by atoms with E-state index in [4.69, 9.17) is 5.84 Å². The quantitative estimate of drug-likeness (QED) is 0.598. The minimum Gasteiger partial charge on any atom is -0.324 e. The number of hydrazine groups is 1. The second-order valence-corrected chi connectivity index (χ2v) is 6.01. The van der Waals surface area contributed by atoms with E-state index in [0.717, 1.165) is 15.0 Å². The molecule has 1 aromatic carbocycles. The number of halogens is 1. The van der Waals surface area contributed by atoms with Gasteiger partial charge < -0.3 is 5.43 Å². The van der Waals surface area contributed by atoms with Crippen molar-refractivity contribution >= 4 is 44.0 Å². The Kier molecular flexibility index (Phi) is 3.95. The lowest BCUT2D eigenvalue weighted by Crippen LogP contribution is -2.14. The Hall–Kier alpha value is -1.44. The average Bonchev–Trinajstić information content (AvgIpc) is 2.74. The summed E-state index contributed by atoms with van der Waals surface area (Å²) < 4.78 is 0.872. The predicted octanol–water partition coefficient (Wildman–Crippen LogP) is 2.75. The number of hydrogen-bond acceptors (Lipinski definition) is 5. The van der Waals surface area contributed by atoms with Gasteiger partial charge in [0.2, 0.25) is 0 Å². The van der Waals surface area contributed by atoms with Crippen LogP contribution in [-0.2, 0) is 0 Å². The number of nitrogens with one attached hydrogen (secondary N) is 2. The molecule has 2 rings (SSSR count). The molecule has 0 radical (unpaired) electrons. The van der Waals surface area contributed by atoms with E-state index in [9.17, 15) is 4.79 Å². The zero-order chi connectivity index (χ0) is 13.1. The fourth-order valence-electron chi connectivity index (χ4n) is 1.48. The third-order valence-electron chi connectivity index (χ3n) is 2.34. The molecule has 0 bridgehead atoms. The summed E-state index contributed by atoms with van der Waals surface area (Å²) >= 11 is 4.66. The van der Waals surface area contributed by atoms with Gasteiger partial charge in [0.1, 0.15) is 0 Å². The highest BCUT2D eigenvalue weighted by Crippen LogP contribution is 2.24. The van der Waals surface area contributed by atoms with E-state index >= 15 is 0 Å². The molecular weight excluding hydrogens is 316 g/mol. The fraction of sp³-hybridized carbons (Fsp3) is 0.0909. The van der Waals surface area contributed by atoms with Crippen molar-refractivity contribution in [1.29, 1.82) is 0 Å². The van der Waals surface area contributed by atoms with Gasteiger partial charge in [-0.3, -0.25) is 16.0 Å². The molecule has 0 aliphatic heterocycles. The first-order valence-electron chi connectivity index (χ1n) is 5.10. The molecule has 1 heterocycles. The lowest BCUT2D eigenvalue weighted by Gasteiger charge is -2.07.